The normalized spacial score (nSPS) is 17.0. The van der Waals surface area contributed by atoms with E-state index in [2.05, 4.69) is 0 Å². The quantitative estimate of drug-likeness (QED) is 0.429. The molecule has 0 aromatic heterocycles. The fourth-order valence-corrected chi connectivity index (χ4v) is 3.29. The number of rotatable bonds is 7. The van der Waals surface area contributed by atoms with Crippen LogP contribution in [-0.2, 0) is 19.1 Å². The topological polar surface area (TPSA) is 119 Å². The molecule has 0 saturated carbocycles. The van der Waals surface area contributed by atoms with Crippen LogP contribution in [0.4, 0.5) is 5.69 Å². The van der Waals surface area contributed by atoms with E-state index in [4.69, 9.17) is 9.47 Å². The maximum Gasteiger partial charge on any atom is 0.336 e. The summed E-state index contributed by atoms with van der Waals surface area (Å²) in [6.45, 7) is 5.55. The lowest BCUT2D eigenvalue weighted by Crippen LogP contribution is -2.35. The molecule has 0 fully saturated rings. The van der Waals surface area contributed by atoms with Crippen molar-refractivity contribution in [3.05, 3.63) is 62.5 Å². The third-order valence-corrected chi connectivity index (χ3v) is 4.64. The molecule has 0 radical (unpaired) electrons. The van der Waals surface area contributed by atoms with Gasteiger partial charge in [-0.25, -0.2) is 9.59 Å². The highest BCUT2D eigenvalue weighted by molar-refractivity contribution is 5.99. The first kappa shape index (κ1) is 21.1. The van der Waals surface area contributed by atoms with E-state index in [9.17, 15) is 24.8 Å². The number of hydrogen-bond donors (Lipinski definition) is 1. The largest absolute Gasteiger partial charge is 0.478 e. The molecule has 1 heterocycles. The number of carbonyl (C=O) groups excluding carboxylic acids is 1. The molecule has 1 aromatic carbocycles. The molecular formula is C19H22N2O7. The van der Waals surface area contributed by atoms with Crippen molar-refractivity contribution in [1.29, 1.82) is 0 Å². The first-order valence-corrected chi connectivity index (χ1v) is 8.57. The molecule has 0 saturated heterocycles. The van der Waals surface area contributed by atoms with Gasteiger partial charge in [-0.05, 0) is 26.3 Å². The number of hydrogen-bond acceptors (Lipinski definition) is 7. The zero-order valence-electron chi connectivity index (χ0n) is 16.1. The van der Waals surface area contributed by atoms with E-state index in [0.29, 0.717) is 23.6 Å². The smallest absolute Gasteiger partial charge is 0.336 e. The molecule has 0 bridgehead atoms. The summed E-state index contributed by atoms with van der Waals surface area (Å²) in [5, 5.41) is 21.1. The molecule has 1 atom stereocenters. The number of nitro groups is 1. The van der Waals surface area contributed by atoms with E-state index in [1.54, 1.807) is 31.7 Å². The molecule has 0 aliphatic carbocycles. The molecule has 9 nitrogen and oxygen atoms in total. The Bertz CT molecular complexity index is 873. The lowest BCUT2D eigenvalue weighted by Gasteiger charge is -2.37. The number of nitrogens with zero attached hydrogens (tertiary/aromatic N) is 2. The van der Waals surface area contributed by atoms with Crippen LogP contribution in [0.2, 0.25) is 0 Å². The summed E-state index contributed by atoms with van der Waals surface area (Å²) in [6.07, 6.45) is 0. The van der Waals surface area contributed by atoms with Crippen LogP contribution < -0.4 is 0 Å². The lowest BCUT2D eigenvalue weighted by molar-refractivity contribution is -0.384. The lowest BCUT2D eigenvalue weighted by atomic mass is 9.79. The number of benzene rings is 1. The predicted molar refractivity (Wildman–Crippen MR) is 99.2 cm³/mol. The number of carboxylic acids is 1. The van der Waals surface area contributed by atoms with Gasteiger partial charge in [0.15, 0.2) is 0 Å². The number of allylic oxidation sites excluding steroid dienone is 2. The van der Waals surface area contributed by atoms with Crippen LogP contribution in [0.5, 0.6) is 0 Å². The Morgan fingerprint density at radius 3 is 2.43 bits per heavy atom. The molecule has 150 valence electrons. The van der Waals surface area contributed by atoms with Gasteiger partial charge in [0.05, 0.1) is 29.1 Å². The third kappa shape index (κ3) is 3.89. The molecule has 1 N–H and O–H groups in total. The number of aliphatic carboxylic acids is 1. The van der Waals surface area contributed by atoms with E-state index in [1.807, 2.05) is 0 Å². The minimum absolute atomic E-state index is 0.0626. The van der Waals surface area contributed by atoms with E-state index < -0.39 is 22.8 Å². The number of ether oxygens (including phenoxy) is 2. The van der Waals surface area contributed by atoms with E-state index >= 15 is 0 Å². The molecule has 0 spiro atoms. The Morgan fingerprint density at radius 2 is 1.89 bits per heavy atom. The monoisotopic (exact) mass is 390 g/mol. The number of methoxy groups -OCH3 is 1. The number of carboxylic acid groups (broad SMARTS) is 1. The minimum Gasteiger partial charge on any atom is -0.478 e. The van der Waals surface area contributed by atoms with Gasteiger partial charge in [-0.2, -0.15) is 0 Å². The summed E-state index contributed by atoms with van der Waals surface area (Å²) < 4.78 is 10.3. The van der Waals surface area contributed by atoms with Gasteiger partial charge in [0, 0.05) is 30.1 Å². The van der Waals surface area contributed by atoms with Gasteiger partial charge in [-0.15, -0.1) is 0 Å². The maximum absolute atomic E-state index is 12.6. The number of esters is 1. The van der Waals surface area contributed by atoms with Gasteiger partial charge < -0.3 is 19.5 Å². The highest BCUT2D eigenvalue weighted by atomic mass is 16.6. The van der Waals surface area contributed by atoms with Gasteiger partial charge in [0.1, 0.15) is 6.73 Å². The summed E-state index contributed by atoms with van der Waals surface area (Å²) in [6, 6.07) is 5.59. The van der Waals surface area contributed by atoms with Crippen molar-refractivity contribution >= 4 is 17.6 Å². The van der Waals surface area contributed by atoms with Crippen molar-refractivity contribution in [1.82, 2.24) is 4.90 Å². The fraction of sp³-hybridized carbons (Fsp3) is 0.368. The van der Waals surface area contributed by atoms with Crippen LogP contribution in [-0.4, -0.2) is 47.3 Å². The molecule has 1 aliphatic rings. The Labute approximate surface area is 162 Å². The second kappa shape index (κ2) is 8.66. The first-order chi connectivity index (χ1) is 13.2. The maximum atomic E-state index is 12.6. The van der Waals surface area contributed by atoms with Crippen LogP contribution in [0, 0.1) is 10.1 Å². The highest BCUT2D eigenvalue weighted by Gasteiger charge is 2.40. The van der Waals surface area contributed by atoms with Gasteiger partial charge in [-0.3, -0.25) is 10.1 Å². The van der Waals surface area contributed by atoms with E-state index in [0.717, 1.165) is 0 Å². The van der Waals surface area contributed by atoms with Gasteiger partial charge in [0.25, 0.3) is 5.69 Å². The van der Waals surface area contributed by atoms with Crippen molar-refractivity contribution in [2.45, 2.75) is 26.7 Å². The second-order valence-electron chi connectivity index (χ2n) is 6.13. The summed E-state index contributed by atoms with van der Waals surface area (Å²) >= 11 is 0. The third-order valence-electron chi connectivity index (χ3n) is 4.64. The molecule has 1 aromatic rings. The molecule has 0 amide bonds. The Hall–Kier alpha value is -3.20. The predicted octanol–water partition coefficient (Wildman–Crippen LogP) is 2.79. The summed E-state index contributed by atoms with van der Waals surface area (Å²) in [4.78, 5) is 36.9. The van der Waals surface area contributed by atoms with E-state index in [1.165, 1.54) is 25.3 Å². The average Bonchev–Trinajstić information content (AvgIpc) is 2.66. The Morgan fingerprint density at radius 1 is 1.25 bits per heavy atom. The van der Waals surface area contributed by atoms with Crippen molar-refractivity contribution in [3.63, 3.8) is 0 Å². The summed E-state index contributed by atoms with van der Waals surface area (Å²) in [5.74, 6) is -2.95. The van der Waals surface area contributed by atoms with Crippen LogP contribution in [0.3, 0.4) is 0 Å². The van der Waals surface area contributed by atoms with E-state index in [-0.39, 0.29) is 23.6 Å². The van der Waals surface area contributed by atoms with Crippen LogP contribution >= 0.6 is 0 Å². The van der Waals surface area contributed by atoms with Gasteiger partial charge in [-0.1, -0.05) is 12.1 Å². The van der Waals surface area contributed by atoms with Gasteiger partial charge in [0.2, 0.25) is 0 Å². The average molecular weight is 390 g/mol. The zero-order valence-corrected chi connectivity index (χ0v) is 16.1. The van der Waals surface area contributed by atoms with Crippen molar-refractivity contribution in [2.75, 3.05) is 20.4 Å². The summed E-state index contributed by atoms with van der Waals surface area (Å²) in [5.41, 5.74) is 1.03. The van der Waals surface area contributed by atoms with Crippen molar-refractivity contribution < 1.29 is 29.1 Å². The van der Waals surface area contributed by atoms with Crippen LogP contribution in [0.15, 0.2) is 46.8 Å². The van der Waals surface area contributed by atoms with Gasteiger partial charge >= 0.3 is 11.9 Å². The van der Waals surface area contributed by atoms with Crippen LogP contribution in [0.1, 0.15) is 32.3 Å². The number of non-ortho nitro benzene ring substituents is 1. The molecule has 28 heavy (non-hydrogen) atoms. The minimum atomic E-state index is -1.23. The molecule has 1 aliphatic heterocycles. The van der Waals surface area contributed by atoms with Crippen LogP contribution in [0.25, 0.3) is 0 Å². The zero-order chi connectivity index (χ0) is 21.0. The second-order valence-corrected chi connectivity index (χ2v) is 6.13. The highest BCUT2D eigenvalue weighted by Crippen LogP contribution is 2.42. The Kier molecular flexibility index (Phi) is 6.53. The number of carbonyl (C=O) groups is 2. The fourth-order valence-electron chi connectivity index (χ4n) is 3.29. The van der Waals surface area contributed by atoms with Crippen molar-refractivity contribution in [3.8, 4) is 0 Å². The molecule has 9 heteroatoms. The number of nitro benzene ring substituents is 1. The van der Waals surface area contributed by atoms with Crippen molar-refractivity contribution in [2.24, 2.45) is 0 Å². The standard InChI is InChI=1S/C19H22N2O7/c1-5-28-10-20-11(2)15(18(22)23)17(16(12(20)3)19(24)27-4)13-7-6-8-14(9-13)21(25)26/h6-9,17H,5,10H2,1-4H3,(H,22,23)/t17-/m0/s1. The first-order valence-electron chi connectivity index (χ1n) is 8.57. The molecule has 2 rings (SSSR count). The SMILES string of the molecule is CCOCN1C(C)=C(C(=O)O)[C@H](c2cccc([N+](=O)[O-])c2)C(C(=O)OC)=C1C. The molecular weight excluding hydrogens is 368 g/mol. The summed E-state index contributed by atoms with van der Waals surface area (Å²) in [7, 11) is 1.20. The Balaban J connectivity index is 2.76. The molecule has 0 unspecified atom stereocenters.